The molecule has 1 aliphatic rings. The van der Waals surface area contributed by atoms with Crippen LogP contribution >= 0.6 is 0 Å². The summed E-state index contributed by atoms with van der Waals surface area (Å²) in [6.07, 6.45) is 6.54. The maximum atomic E-state index is 11.7. The molecule has 0 aliphatic carbocycles. The van der Waals surface area contributed by atoms with E-state index in [0.717, 1.165) is 30.5 Å². The standard InChI is InChI=1S/C18H22N2O2S/c1-13(2)20-8-4-5-15-9-14(6-7-18(15)20)16-10-17(12-19-11-16)23(3,21)22/h6-7,9-13H,4-5,8H2,1-3H3. The normalized spacial score (nSPS) is 14.9. The summed E-state index contributed by atoms with van der Waals surface area (Å²) in [6.45, 7) is 5.51. The SMILES string of the molecule is CC(C)N1CCCc2cc(-c3cncc(S(C)(=O)=O)c3)ccc21. The molecule has 0 spiro atoms. The molecule has 0 unspecified atom stereocenters. The van der Waals surface area contributed by atoms with Gasteiger partial charge in [0.15, 0.2) is 9.84 Å². The number of anilines is 1. The van der Waals surface area contributed by atoms with Crippen LogP contribution < -0.4 is 4.90 Å². The van der Waals surface area contributed by atoms with E-state index in [-0.39, 0.29) is 4.90 Å². The molecule has 122 valence electrons. The molecule has 0 bridgehead atoms. The monoisotopic (exact) mass is 330 g/mol. The topological polar surface area (TPSA) is 50.3 Å². The number of aromatic nitrogens is 1. The fourth-order valence-electron chi connectivity index (χ4n) is 3.12. The van der Waals surface area contributed by atoms with Gasteiger partial charge in [-0.05, 0) is 56.0 Å². The number of fused-ring (bicyclic) bond motifs is 1. The first-order valence-electron chi connectivity index (χ1n) is 7.91. The molecule has 0 amide bonds. The zero-order valence-electron chi connectivity index (χ0n) is 13.8. The molecule has 23 heavy (non-hydrogen) atoms. The highest BCUT2D eigenvalue weighted by Crippen LogP contribution is 2.33. The highest BCUT2D eigenvalue weighted by atomic mass is 32.2. The van der Waals surface area contributed by atoms with Crippen molar-refractivity contribution in [3.05, 3.63) is 42.2 Å². The van der Waals surface area contributed by atoms with Crippen LogP contribution in [0.1, 0.15) is 25.8 Å². The molecule has 4 nitrogen and oxygen atoms in total. The van der Waals surface area contributed by atoms with E-state index in [0.29, 0.717) is 6.04 Å². The first kappa shape index (κ1) is 16.0. The number of nitrogens with zero attached hydrogens (tertiary/aromatic N) is 2. The third-order valence-electron chi connectivity index (χ3n) is 4.33. The molecule has 1 aromatic carbocycles. The fourth-order valence-corrected chi connectivity index (χ4v) is 3.72. The van der Waals surface area contributed by atoms with E-state index in [2.05, 4.69) is 41.9 Å². The molecule has 1 aromatic heterocycles. The third kappa shape index (κ3) is 3.24. The number of aryl methyl sites for hydroxylation is 1. The summed E-state index contributed by atoms with van der Waals surface area (Å²) in [6, 6.07) is 8.56. The molecular weight excluding hydrogens is 308 g/mol. The van der Waals surface area contributed by atoms with Crippen LogP contribution in [-0.2, 0) is 16.3 Å². The minimum absolute atomic E-state index is 0.261. The Morgan fingerprint density at radius 3 is 2.61 bits per heavy atom. The van der Waals surface area contributed by atoms with Crippen LogP contribution in [-0.4, -0.2) is 32.2 Å². The minimum Gasteiger partial charge on any atom is -0.369 e. The zero-order chi connectivity index (χ0) is 16.6. The second kappa shape index (κ2) is 5.96. The first-order valence-corrected chi connectivity index (χ1v) is 9.80. The van der Waals surface area contributed by atoms with Gasteiger partial charge in [0, 0.05) is 42.5 Å². The second-order valence-electron chi connectivity index (χ2n) is 6.42. The van der Waals surface area contributed by atoms with Gasteiger partial charge in [0.25, 0.3) is 0 Å². The summed E-state index contributed by atoms with van der Waals surface area (Å²) in [5.41, 5.74) is 4.49. The number of pyridine rings is 1. The highest BCUT2D eigenvalue weighted by molar-refractivity contribution is 7.90. The average Bonchev–Trinajstić information content (AvgIpc) is 2.53. The van der Waals surface area contributed by atoms with Gasteiger partial charge in [-0.2, -0.15) is 0 Å². The van der Waals surface area contributed by atoms with Gasteiger partial charge < -0.3 is 4.90 Å². The van der Waals surface area contributed by atoms with Crippen molar-refractivity contribution in [2.75, 3.05) is 17.7 Å². The van der Waals surface area contributed by atoms with E-state index in [9.17, 15) is 8.42 Å². The van der Waals surface area contributed by atoms with Gasteiger partial charge in [-0.15, -0.1) is 0 Å². The van der Waals surface area contributed by atoms with E-state index >= 15 is 0 Å². The van der Waals surface area contributed by atoms with E-state index < -0.39 is 9.84 Å². The largest absolute Gasteiger partial charge is 0.369 e. The van der Waals surface area contributed by atoms with E-state index in [1.807, 2.05) is 0 Å². The summed E-state index contributed by atoms with van der Waals surface area (Å²) >= 11 is 0. The van der Waals surface area contributed by atoms with Gasteiger partial charge in [0.2, 0.25) is 0 Å². The van der Waals surface area contributed by atoms with Gasteiger partial charge >= 0.3 is 0 Å². The Kier molecular flexibility index (Phi) is 4.15. The molecular formula is C18H22N2O2S. The lowest BCUT2D eigenvalue weighted by molar-refractivity contribution is 0.601. The van der Waals surface area contributed by atoms with Crippen LogP contribution in [0.4, 0.5) is 5.69 Å². The smallest absolute Gasteiger partial charge is 0.177 e. The average molecular weight is 330 g/mol. The summed E-state index contributed by atoms with van der Waals surface area (Å²) < 4.78 is 23.4. The van der Waals surface area contributed by atoms with Crippen molar-refractivity contribution in [1.82, 2.24) is 4.98 Å². The lowest BCUT2D eigenvalue weighted by Crippen LogP contribution is -2.35. The molecule has 0 fully saturated rings. The Hall–Kier alpha value is -1.88. The van der Waals surface area contributed by atoms with Crippen molar-refractivity contribution >= 4 is 15.5 Å². The Labute approximate surface area is 138 Å². The van der Waals surface area contributed by atoms with Crippen LogP contribution in [0.2, 0.25) is 0 Å². The van der Waals surface area contributed by atoms with Gasteiger partial charge in [-0.25, -0.2) is 8.42 Å². The van der Waals surface area contributed by atoms with Crippen molar-refractivity contribution in [3.8, 4) is 11.1 Å². The molecule has 0 N–H and O–H groups in total. The Morgan fingerprint density at radius 1 is 1.13 bits per heavy atom. The molecule has 0 saturated heterocycles. The van der Waals surface area contributed by atoms with Crippen molar-refractivity contribution in [1.29, 1.82) is 0 Å². The van der Waals surface area contributed by atoms with Gasteiger partial charge in [-0.1, -0.05) is 6.07 Å². The molecule has 0 atom stereocenters. The minimum atomic E-state index is -3.24. The Bertz CT molecular complexity index is 829. The zero-order valence-corrected chi connectivity index (χ0v) is 14.6. The molecule has 1 aliphatic heterocycles. The summed E-state index contributed by atoms with van der Waals surface area (Å²) in [5, 5.41) is 0. The highest BCUT2D eigenvalue weighted by Gasteiger charge is 2.19. The maximum absolute atomic E-state index is 11.7. The van der Waals surface area contributed by atoms with Crippen molar-refractivity contribution < 1.29 is 8.42 Å². The number of hydrogen-bond acceptors (Lipinski definition) is 4. The number of rotatable bonds is 3. The molecule has 5 heteroatoms. The molecule has 0 radical (unpaired) electrons. The van der Waals surface area contributed by atoms with E-state index in [1.54, 1.807) is 12.3 Å². The quantitative estimate of drug-likeness (QED) is 0.866. The number of sulfone groups is 1. The summed E-state index contributed by atoms with van der Waals surface area (Å²) in [4.78, 5) is 6.78. The van der Waals surface area contributed by atoms with Crippen LogP contribution in [0.3, 0.4) is 0 Å². The first-order chi connectivity index (χ1) is 10.9. The Morgan fingerprint density at radius 2 is 1.91 bits per heavy atom. The predicted molar refractivity (Wildman–Crippen MR) is 93.6 cm³/mol. The Balaban J connectivity index is 2.03. The van der Waals surface area contributed by atoms with Gasteiger partial charge in [-0.3, -0.25) is 4.98 Å². The van der Waals surface area contributed by atoms with Crippen molar-refractivity contribution in [3.63, 3.8) is 0 Å². The molecule has 2 heterocycles. The van der Waals surface area contributed by atoms with Crippen LogP contribution in [0.5, 0.6) is 0 Å². The predicted octanol–water partition coefficient (Wildman–Crippen LogP) is 3.31. The van der Waals surface area contributed by atoms with Crippen LogP contribution in [0.25, 0.3) is 11.1 Å². The third-order valence-corrected chi connectivity index (χ3v) is 5.41. The number of benzene rings is 1. The van der Waals surface area contributed by atoms with E-state index in [1.165, 1.54) is 23.7 Å². The van der Waals surface area contributed by atoms with E-state index in [4.69, 9.17) is 0 Å². The molecule has 2 aromatic rings. The summed E-state index contributed by atoms with van der Waals surface area (Å²) in [5.74, 6) is 0. The summed E-state index contributed by atoms with van der Waals surface area (Å²) in [7, 11) is -3.24. The molecule has 0 saturated carbocycles. The van der Waals surface area contributed by atoms with Gasteiger partial charge in [0.05, 0.1) is 4.90 Å². The second-order valence-corrected chi connectivity index (χ2v) is 8.43. The number of hydrogen-bond donors (Lipinski definition) is 0. The maximum Gasteiger partial charge on any atom is 0.177 e. The van der Waals surface area contributed by atoms with Crippen LogP contribution in [0.15, 0.2) is 41.6 Å². The van der Waals surface area contributed by atoms with Crippen molar-refractivity contribution in [2.24, 2.45) is 0 Å². The van der Waals surface area contributed by atoms with Crippen molar-refractivity contribution in [2.45, 2.75) is 37.6 Å². The molecule has 3 rings (SSSR count). The van der Waals surface area contributed by atoms with Crippen LogP contribution in [0, 0.1) is 0 Å². The lowest BCUT2D eigenvalue weighted by atomic mass is 9.96. The van der Waals surface area contributed by atoms with Gasteiger partial charge in [0.1, 0.15) is 0 Å². The lowest BCUT2D eigenvalue weighted by Gasteiger charge is -2.35. The fraction of sp³-hybridized carbons (Fsp3) is 0.389.